The number of carbonyl (C=O) groups excluding carboxylic acids is 2. The Kier molecular flexibility index (Phi) is 6.75. The SMILES string of the molecule is CCCCCNC(=O)c1cc(C(=O)Nc2ccccc2Cl)ccn1. The molecule has 0 aliphatic heterocycles. The number of rotatable bonds is 7. The van der Waals surface area contributed by atoms with Crippen LogP contribution in [-0.4, -0.2) is 23.3 Å². The molecular formula is C18H20ClN3O2. The Labute approximate surface area is 146 Å². The minimum atomic E-state index is -0.342. The maximum atomic E-state index is 12.3. The van der Waals surface area contributed by atoms with Gasteiger partial charge in [0.2, 0.25) is 0 Å². The van der Waals surface area contributed by atoms with E-state index in [4.69, 9.17) is 11.6 Å². The predicted octanol–water partition coefficient (Wildman–Crippen LogP) is 3.91. The van der Waals surface area contributed by atoms with Gasteiger partial charge in [-0.2, -0.15) is 0 Å². The van der Waals surface area contributed by atoms with Crippen molar-refractivity contribution in [2.24, 2.45) is 0 Å². The van der Waals surface area contributed by atoms with Crippen molar-refractivity contribution in [3.8, 4) is 0 Å². The molecule has 0 saturated heterocycles. The van der Waals surface area contributed by atoms with Crippen LogP contribution in [0.25, 0.3) is 0 Å². The number of benzene rings is 1. The second-order valence-electron chi connectivity index (χ2n) is 5.33. The van der Waals surface area contributed by atoms with Crippen molar-refractivity contribution in [2.75, 3.05) is 11.9 Å². The van der Waals surface area contributed by atoms with Crippen LogP contribution in [0.15, 0.2) is 42.6 Å². The topological polar surface area (TPSA) is 71.1 Å². The van der Waals surface area contributed by atoms with E-state index in [9.17, 15) is 9.59 Å². The number of hydrogen-bond acceptors (Lipinski definition) is 3. The van der Waals surface area contributed by atoms with Crippen LogP contribution in [0.1, 0.15) is 47.0 Å². The molecule has 0 bridgehead atoms. The van der Waals surface area contributed by atoms with E-state index in [-0.39, 0.29) is 17.5 Å². The monoisotopic (exact) mass is 345 g/mol. The number of pyridine rings is 1. The zero-order valence-electron chi connectivity index (χ0n) is 13.5. The first kappa shape index (κ1) is 17.9. The molecule has 1 aromatic carbocycles. The Bertz CT molecular complexity index is 719. The highest BCUT2D eigenvalue weighted by Gasteiger charge is 2.12. The Morgan fingerprint density at radius 2 is 1.92 bits per heavy atom. The summed E-state index contributed by atoms with van der Waals surface area (Å²) in [7, 11) is 0. The van der Waals surface area contributed by atoms with Crippen molar-refractivity contribution in [1.29, 1.82) is 0 Å². The van der Waals surface area contributed by atoms with Crippen LogP contribution in [0, 0.1) is 0 Å². The molecule has 1 aromatic heterocycles. The Morgan fingerprint density at radius 3 is 2.67 bits per heavy atom. The fourth-order valence-electron chi connectivity index (χ4n) is 2.12. The number of anilines is 1. The lowest BCUT2D eigenvalue weighted by atomic mass is 10.2. The fraction of sp³-hybridized carbons (Fsp3) is 0.278. The van der Waals surface area contributed by atoms with Crippen LogP contribution >= 0.6 is 11.6 Å². The highest BCUT2D eigenvalue weighted by Crippen LogP contribution is 2.21. The van der Waals surface area contributed by atoms with Crippen molar-refractivity contribution in [2.45, 2.75) is 26.2 Å². The first-order valence-electron chi connectivity index (χ1n) is 7.92. The molecule has 126 valence electrons. The Hall–Kier alpha value is -2.40. The second-order valence-corrected chi connectivity index (χ2v) is 5.73. The van der Waals surface area contributed by atoms with E-state index in [2.05, 4.69) is 22.5 Å². The third kappa shape index (κ3) is 5.06. The van der Waals surface area contributed by atoms with E-state index >= 15 is 0 Å². The van der Waals surface area contributed by atoms with E-state index in [1.54, 1.807) is 30.3 Å². The van der Waals surface area contributed by atoms with E-state index in [1.165, 1.54) is 12.3 Å². The Balaban J connectivity index is 2.02. The van der Waals surface area contributed by atoms with Crippen molar-refractivity contribution < 1.29 is 9.59 Å². The highest BCUT2D eigenvalue weighted by molar-refractivity contribution is 6.33. The van der Waals surface area contributed by atoms with Gasteiger partial charge < -0.3 is 10.6 Å². The summed E-state index contributed by atoms with van der Waals surface area (Å²) >= 11 is 6.03. The van der Waals surface area contributed by atoms with Crippen molar-refractivity contribution in [3.05, 3.63) is 58.9 Å². The van der Waals surface area contributed by atoms with Crippen LogP contribution < -0.4 is 10.6 Å². The molecule has 1 heterocycles. The number of hydrogen-bond donors (Lipinski definition) is 2. The predicted molar refractivity (Wildman–Crippen MR) is 95.5 cm³/mol. The van der Waals surface area contributed by atoms with Crippen molar-refractivity contribution in [3.63, 3.8) is 0 Å². The van der Waals surface area contributed by atoms with Gasteiger partial charge in [0.25, 0.3) is 11.8 Å². The summed E-state index contributed by atoms with van der Waals surface area (Å²) in [5.41, 5.74) is 1.09. The van der Waals surface area contributed by atoms with Crippen LogP contribution in [0.3, 0.4) is 0 Å². The van der Waals surface area contributed by atoms with Gasteiger partial charge in [-0.15, -0.1) is 0 Å². The second kappa shape index (κ2) is 9.03. The standard InChI is InChI=1S/C18H20ClN3O2/c1-2-3-6-10-21-18(24)16-12-13(9-11-20-16)17(23)22-15-8-5-4-7-14(15)19/h4-5,7-9,11-12H,2-3,6,10H2,1H3,(H,21,24)(H,22,23). The summed E-state index contributed by atoms with van der Waals surface area (Å²) in [5.74, 6) is -0.621. The van der Waals surface area contributed by atoms with E-state index < -0.39 is 0 Å². The van der Waals surface area contributed by atoms with Gasteiger partial charge in [-0.1, -0.05) is 43.5 Å². The number of nitrogens with zero attached hydrogens (tertiary/aromatic N) is 1. The molecule has 0 saturated carbocycles. The molecule has 0 fully saturated rings. The largest absolute Gasteiger partial charge is 0.351 e. The average molecular weight is 346 g/mol. The molecule has 6 heteroatoms. The number of nitrogens with one attached hydrogen (secondary N) is 2. The summed E-state index contributed by atoms with van der Waals surface area (Å²) in [6, 6.07) is 10.00. The molecule has 0 radical (unpaired) electrons. The number of aromatic nitrogens is 1. The molecule has 2 N–H and O–H groups in total. The first-order chi connectivity index (χ1) is 11.6. The number of halogens is 1. The molecule has 0 aliphatic rings. The number of amides is 2. The Morgan fingerprint density at radius 1 is 1.12 bits per heavy atom. The molecule has 0 atom stereocenters. The lowest BCUT2D eigenvalue weighted by Gasteiger charge is -2.08. The van der Waals surface area contributed by atoms with Crippen molar-refractivity contribution >= 4 is 29.1 Å². The maximum absolute atomic E-state index is 12.3. The molecule has 0 unspecified atom stereocenters. The summed E-state index contributed by atoms with van der Waals surface area (Å²) in [6.45, 7) is 2.70. The minimum absolute atomic E-state index is 0.221. The summed E-state index contributed by atoms with van der Waals surface area (Å²) in [5, 5.41) is 5.98. The van der Waals surface area contributed by atoms with Gasteiger partial charge in [-0.3, -0.25) is 14.6 Å². The number of para-hydroxylation sites is 1. The average Bonchev–Trinajstić information content (AvgIpc) is 2.60. The van der Waals surface area contributed by atoms with Gasteiger partial charge in [-0.05, 0) is 30.7 Å². The van der Waals surface area contributed by atoms with E-state index in [0.29, 0.717) is 22.8 Å². The fourth-order valence-corrected chi connectivity index (χ4v) is 2.30. The first-order valence-corrected chi connectivity index (χ1v) is 8.29. The molecular weight excluding hydrogens is 326 g/mol. The number of unbranched alkanes of at least 4 members (excludes halogenated alkanes) is 2. The molecule has 24 heavy (non-hydrogen) atoms. The minimum Gasteiger partial charge on any atom is -0.351 e. The summed E-state index contributed by atoms with van der Waals surface area (Å²) < 4.78 is 0. The zero-order chi connectivity index (χ0) is 17.4. The smallest absolute Gasteiger partial charge is 0.269 e. The van der Waals surface area contributed by atoms with Crippen LogP contribution in [-0.2, 0) is 0 Å². The summed E-state index contributed by atoms with van der Waals surface area (Å²) in [6.07, 6.45) is 4.53. The van der Waals surface area contributed by atoms with Gasteiger partial charge >= 0.3 is 0 Å². The molecule has 5 nitrogen and oxygen atoms in total. The normalized spacial score (nSPS) is 10.2. The van der Waals surface area contributed by atoms with Gasteiger partial charge in [-0.25, -0.2) is 0 Å². The maximum Gasteiger partial charge on any atom is 0.269 e. The quantitative estimate of drug-likeness (QED) is 0.747. The third-order valence-electron chi connectivity index (χ3n) is 3.44. The molecule has 2 rings (SSSR count). The van der Waals surface area contributed by atoms with Crippen LogP contribution in [0.4, 0.5) is 5.69 Å². The van der Waals surface area contributed by atoms with Gasteiger partial charge in [0.05, 0.1) is 10.7 Å². The highest BCUT2D eigenvalue weighted by atomic mass is 35.5. The molecule has 0 aliphatic carbocycles. The third-order valence-corrected chi connectivity index (χ3v) is 3.77. The molecule has 0 spiro atoms. The van der Waals surface area contributed by atoms with Gasteiger partial charge in [0, 0.05) is 18.3 Å². The lowest BCUT2D eigenvalue weighted by Crippen LogP contribution is -2.25. The zero-order valence-corrected chi connectivity index (χ0v) is 14.3. The molecule has 2 amide bonds. The van der Waals surface area contributed by atoms with Gasteiger partial charge in [0.15, 0.2) is 0 Å². The number of carbonyl (C=O) groups is 2. The lowest BCUT2D eigenvalue weighted by molar-refractivity contribution is 0.0948. The molecule has 2 aromatic rings. The van der Waals surface area contributed by atoms with E-state index in [1.807, 2.05) is 0 Å². The van der Waals surface area contributed by atoms with Gasteiger partial charge in [0.1, 0.15) is 5.69 Å². The van der Waals surface area contributed by atoms with Crippen molar-refractivity contribution in [1.82, 2.24) is 10.3 Å². The summed E-state index contributed by atoms with van der Waals surface area (Å²) in [4.78, 5) is 28.4. The van der Waals surface area contributed by atoms with Crippen LogP contribution in [0.5, 0.6) is 0 Å². The van der Waals surface area contributed by atoms with Crippen LogP contribution in [0.2, 0.25) is 5.02 Å². The van der Waals surface area contributed by atoms with E-state index in [0.717, 1.165) is 19.3 Å².